The number of carboxylic acid groups (broad SMARTS) is 1. The Bertz CT molecular complexity index is 536. The lowest BCUT2D eigenvalue weighted by Crippen LogP contribution is -2.55. The first-order valence-corrected chi connectivity index (χ1v) is 7.61. The third-order valence-electron chi connectivity index (χ3n) is 3.30. The van der Waals surface area contributed by atoms with Crippen molar-refractivity contribution in [2.45, 2.75) is 51.2 Å². The summed E-state index contributed by atoms with van der Waals surface area (Å²) in [4.78, 5) is 57.1. The number of aliphatic carboxylic acids is 1. The van der Waals surface area contributed by atoms with Crippen LogP contribution in [0.15, 0.2) is 0 Å². The topological polar surface area (TPSA) is 208 Å². The molecule has 0 saturated carbocycles. The van der Waals surface area contributed by atoms with Crippen LogP contribution in [0.1, 0.15) is 33.1 Å². The second-order valence-corrected chi connectivity index (χ2v) is 5.91. The molecule has 11 heteroatoms. The lowest BCUT2D eigenvalue weighted by Gasteiger charge is -2.24. The minimum Gasteiger partial charge on any atom is -0.480 e. The fraction of sp³-hybridized carbons (Fsp3) is 0.643. The first kappa shape index (κ1) is 22.3. The Morgan fingerprint density at radius 3 is 1.92 bits per heavy atom. The maximum atomic E-state index is 12.3. The molecule has 0 saturated heterocycles. The summed E-state index contributed by atoms with van der Waals surface area (Å²) in [5.41, 5.74) is 15.5. The van der Waals surface area contributed by atoms with Crippen LogP contribution in [0, 0.1) is 5.92 Å². The number of carboxylic acids is 1. The first-order valence-electron chi connectivity index (χ1n) is 7.61. The van der Waals surface area contributed by atoms with Gasteiger partial charge in [0.25, 0.3) is 0 Å². The van der Waals surface area contributed by atoms with Gasteiger partial charge in [-0.2, -0.15) is 0 Å². The van der Waals surface area contributed by atoms with Gasteiger partial charge in [0.15, 0.2) is 0 Å². The second-order valence-electron chi connectivity index (χ2n) is 5.91. The zero-order valence-electron chi connectivity index (χ0n) is 14.2. The number of carbonyl (C=O) groups excluding carboxylic acids is 4. The molecule has 0 rings (SSSR count). The predicted octanol–water partition coefficient (Wildman–Crippen LogP) is -2.84. The third kappa shape index (κ3) is 8.65. The van der Waals surface area contributed by atoms with Gasteiger partial charge in [-0.1, -0.05) is 13.8 Å². The minimum absolute atomic E-state index is 0.152. The van der Waals surface area contributed by atoms with E-state index in [4.69, 9.17) is 22.3 Å². The van der Waals surface area contributed by atoms with Crippen LogP contribution >= 0.6 is 0 Å². The number of primary amides is 2. The van der Waals surface area contributed by atoms with Gasteiger partial charge in [0, 0.05) is 6.42 Å². The number of hydrogen-bond donors (Lipinski definition) is 6. The van der Waals surface area contributed by atoms with Gasteiger partial charge in [-0.05, 0) is 12.3 Å². The first-order chi connectivity index (χ1) is 11.5. The zero-order chi connectivity index (χ0) is 19.7. The SMILES string of the molecule is CC(C)C(NC(=O)C(CCC(N)=O)NC(=O)C(N)CC(N)=O)C(=O)O. The van der Waals surface area contributed by atoms with Crippen molar-refractivity contribution < 1.29 is 29.1 Å². The summed E-state index contributed by atoms with van der Waals surface area (Å²) < 4.78 is 0. The number of rotatable bonds is 11. The summed E-state index contributed by atoms with van der Waals surface area (Å²) >= 11 is 0. The normalized spacial score (nSPS) is 14.2. The number of amides is 4. The highest BCUT2D eigenvalue weighted by Crippen LogP contribution is 2.05. The molecule has 4 amide bonds. The Balaban J connectivity index is 5.10. The van der Waals surface area contributed by atoms with Gasteiger partial charge in [-0.3, -0.25) is 19.2 Å². The Morgan fingerprint density at radius 2 is 1.52 bits per heavy atom. The Hall–Kier alpha value is -2.69. The van der Waals surface area contributed by atoms with Crippen molar-refractivity contribution in [1.29, 1.82) is 0 Å². The van der Waals surface area contributed by atoms with Gasteiger partial charge in [0.1, 0.15) is 12.1 Å². The van der Waals surface area contributed by atoms with Crippen LogP contribution in [-0.4, -0.2) is 52.8 Å². The second kappa shape index (κ2) is 10.2. The molecule has 0 spiro atoms. The molecule has 0 aromatic carbocycles. The van der Waals surface area contributed by atoms with Crippen molar-refractivity contribution in [3.8, 4) is 0 Å². The molecule has 9 N–H and O–H groups in total. The van der Waals surface area contributed by atoms with Crippen LogP contribution in [0.4, 0.5) is 0 Å². The molecule has 0 aromatic heterocycles. The molecular weight excluding hydrogens is 334 g/mol. The summed E-state index contributed by atoms with van der Waals surface area (Å²) in [5, 5.41) is 13.7. The van der Waals surface area contributed by atoms with Crippen LogP contribution in [0.3, 0.4) is 0 Å². The summed E-state index contributed by atoms with van der Waals surface area (Å²) in [6.07, 6.45) is -0.802. The maximum absolute atomic E-state index is 12.3. The van der Waals surface area contributed by atoms with E-state index >= 15 is 0 Å². The van der Waals surface area contributed by atoms with Crippen LogP contribution in [0.2, 0.25) is 0 Å². The Morgan fingerprint density at radius 1 is 0.960 bits per heavy atom. The molecule has 3 atom stereocenters. The molecular formula is C14H25N5O6. The zero-order valence-corrected chi connectivity index (χ0v) is 14.2. The lowest BCUT2D eigenvalue weighted by molar-refractivity contribution is -0.143. The standard InChI is InChI=1S/C14H25N5O6/c1-6(2)11(14(24)25)19-13(23)8(3-4-9(16)20)18-12(22)7(15)5-10(17)21/h6-8,11H,3-5,15H2,1-2H3,(H2,16,20)(H2,17,21)(H,18,22)(H,19,23)(H,24,25). The number of carbonyl (C=O) groups is 5. The summed E-state index contributed by atoms with van der Waals surface area (Å²) in [7, 11) is 0. The van der Waals surface area contributed by atoms with E-state index in [1.807, 2.05) is 0 Å². The van der Waals surface area contributed by atoms with E-state index in [0.717, 1.165) is 0 Å². The molecule has 3 unspecified atom stereocenters. The predicted molar refractivity (Wildman–Crippen MR) is 86.6 cm³/mol. The fourth-order valence-corrected chi connectivity index (χ4v) is 1.91. The van der Waals surface area contributed by atoms with Crippen LogP contribution < -0.4 is 27.8 Å². The highest BCUT2D eigenvalue weighted by atomic mass is 16.4. The van der Waals surface area contributed by atoms with Crippen LogP contribution in [-0.2, 0) is 24.0 Å². The van der Waals surface area contributed by atoms with E-state index in [9.17, 15) is 24.0 Å². The monoisotopic (exact) mass is 359 g/mol. The third-order valence-corrected chi connectivity index (χ3v) is 3.30. The number of nitrogens with two attached hydrogens (primary N) is 3. The fourth-order valence-electron chi connectivity index (χ4n) is 1.91. The summed E-state index contributed by atoms with van der Waals surface area (Å²) in [6.45, 7) is 3.19. The smallest absolute Gasteiger partial charge is 0.326 e. The summed E-state index contributed by atoms with van der Waals surface area (Å²) in [5.74, 6) is -4.79. The molecule has 25 heavy (non-hydrogen) atoms. The van der Waals surface area contributed by atoms with Gasteiger partial charge in [-0.15, -0.1) is 0 Å². The molecule has 0 aliphatic heterocycles. The van der Waals surface area contributed by atoms with E-state index in [0.29, 0.717) is 0 Å². The van der Waals surface area contributed by atoms with Crippen molar-refractivity contribution in [2.24, 2.45) is 23.1 Å². The largest absolute Gasteiger partial charge is 0.480 e. The maximum Gasteiger partial charge on any atom is 0.326 e. The van der Waals surface area contributed by atoms with Gasteiger partial charge in [0.2, 0.25) is 23.6 Å². The molecule has 0 heterocycles. The van der Waals surface area contributed by atoms with Gasteiger partial charge < -0.3 is 32.9 Å². The highest BCUT2D eigenvalue weighted by Gasteiger charge is 2.29. The highest BCUT2D eigenvalue weighted by molar-refractivity contribution is 5.93. The van der Waals surface area contributed by atoms with Crippen LogP contribution in [0.5, 0.6) is 0 Å². The quantitative estimate of drug-likeness (QED) is 0.227. The van der Waals surface area contributed by atoms with Gasteiger partial charge in [0.05, 0.1) is 12.5 Å². The van der Waals surface area contributed by atoms with E-state index in [1.165, 1.54) is 0 Å². The van der Waals surface area contributed by atoms with Crippen molar-refractivity contribution in [3.63, 3.8) is 0 Å². The Labute approximate surface area is 144 Å². The lowest BCUT2D eigenvalue weighted by atomic mass is 10.0. The number of hydrogen-bond acceptors (Lipinski definition) is 6. The van der Waals surface area contributed by atoms with Crippen molar-refractivity contribution in [2.75, 3.05) is 0 Å². The van der Waals surface area contributed by atoms with Gasteiger partial charge >= 0.3 is 5.97 Å². The molecule has 11 nitrogen and oxygen atoms in total. The summed E-state index contributed by atoms with van der Waals surface area (Å²) in [6, 6.07) is -3.69. The van der Waals surface area contributed by atoms with E-state index < -0.39 is 60.1 Å². The molecule has 0 aromatic rings. The van der Waals surface area contributed by atoms with E-state index in [1.54, 1.807) is 13.8 Å². The molecule has 0 bridgehead atoms. The molecule has 0 fully saturated rings. The average molecular weight is 359 g/mol. The molecule has 0 radical (unpaired) electrons. The molecule has 142 valence electrons. The number of nitrogens with one attached hydrogen (secondary N) is 2. The van der Waals surface area contributed by atoms with Crippen LogP contribution in [0.25, 0.3) is 0 Å². The van der Waals surface area contributed by atoms with E-state index in [2.05, 4.69) is 10.6 Å². The average Bonchev–Trinajstić information content (AvgIpc) is 2.46. The molecule has 0 aliphatic carbocycles. The minimum atomic E-state index is -1.28. The van der Waals surface area contributed by atoms with E-state index in [-0.39, 0.29) is 12.8 Å². The van der Waals surface area contributed by atoms with Crippen molar-refractivity contribution >= 4 is 29.6 Å². The van der Waals surface area contributed by atoms with Crippen molar-refractivity contribution in [1.82, 2.24) is 10.6 Å². The van der Waals surface area contributed by atoms with Crippen molar-refractivity contribution in [3.05, 3.63) is 0 Å². The molecule has 0 aliphatic rings. The Kier molecular flexibility index (Phi) is 9.13. The van der Waals surface area contributed by atoms with Gasteiger partial charge in [-0.25, -0.2) is 4.79 Å².